The van der Waals surface area contributed by atoms with Gasteiger partial charge < -0.3 is 10.1 Å². The summed E-state index contributed by atoms with van der Waals surface area (Å²) < 4.78 is 33.5. The first-order valence-electron chi connectivity index (χ1n) is 11.2. The number of hydrogen-bond donors (Lipinski definition) is 1. The number of carbonyl (C=O) groups is 1. The molecule has 0 amide bonds. The molecule has 0 bridgehead atoms. The Balaban J connectivity index is 1.38. The summed E-state index contributed by atoms with van der Waals surface area (Å²) in [4.78, 5) is 26.8. The molecule has 178 valence electrons. The van der Waals surface area contributed by atoms with Crippen LogP contribution in [0.4, 0.5) is 8.78 Å². The van der Waals surface area contributed by atoms with Crippen LogP contribution in [0, 0.1) is 11.6 Å². The number of benzene rings is 2. The summed E-state index contributed by atoms with van der Waals surface area (Å²) in [6.07, 6.45) is 0.132. The summed E-state index contributed by atoms with van der Waals surface area (Å²) in [6.45, 7) is 5.03. The second-order valence-electron chi connectivity index (χ2n) is 8.15. The number of halogens is 2. The van der Waals surface area contributed by atoms with Crippen molar-refractivity contribution in [2.24, 2.45) is 0 Å². The molecular weight excluding hydrogens is 442 g/mol. The standard InChI is InChI=1S/C25H26F2N4O3/c26-21-5-4-20(16-22(21)27)23-6-7-24(32)31(29-23)17-19-3-1-2-18(14-19)15-25(33)34-13-12-30-10-8-28-9-11-30/h1-7,14,16,28H,8-13,15,17H2. The Morgan fingerprint density at radius 2 is 1.79 bits per heavy atom. The molecule has 2 heterocycles. The zero-order chi connectivity index (χ0) is 23.9. The lowest BCUT2D eigenvalue weighted by Gasteiger charge is -2.26. The Labute approximate surface area is 196 Å². The third-order valence-corrected chi connectivity index (χ3v) is 5.63. The molecule has 3 aromatic rings. The Kier molecular flexibility index (Phi) is 7.76. The topological polar surface area (TPSA) is 76.5 Å². The number of hydrogen-bond acceptors (Lipinski definition) is 6. The van der Waals surface area contributed by atoms with E-state index < -0.39 is 11.6 Å². The van der Waals surface area contributed by atoms with E-state index in [1.165, 1.54) is 22.9 Å². The second kappa shape index (κ2) is 11.1. The fraction of sp³-hybridized carbons (Fsp3) is 0.320. The number of aromatic nitrogens is 2. The van der Waals surface area contributed by atoms with E-state index in [0.29, 0.717) is 17.9 Å². The molecule has 0 atom stereocenters. The van der Waals surface area contributed by atoms with Gasteiger partial charge in [0.05, 0.1) is 18.7 Å². The normalized spacial score (nSPS) is 14.2. The van der Waals surface area contributed by atoms with Crippen molar-refractivity contribution in [3.63, 3.8) is 0 Å². The Hall–Kier alpha value is -3.43. The highest BCUT2D eigenvalue weighted by molar-refractivity contribution is 5.72. The quantitative estimate of drug-likeness (QED) is 0.511. The van der Waals surface area contributed by atoms with Crippen LogP contribution in [-0.2, 0) is 22.5 Å². The van der Waals surface area contributed by atoms with Crippen molar-refractivity contribution in [1.29, 1.82) is 0 Å². The molecule has 1 aliphatic rings. The van der Waals surface area contributed by atoms with Crippen molar-refractivity contribution < 1.29 is 18.3 Å². The van der Waals surface area contributed by atoms with Gasteiger partial charge in [0.2, 0.25) is 0 Å². The van der Waals surface area contributed by atoms with Crippen LogP contribution in [0.25, 0.3) is 11.3 Å². The molecule has 9 heteroatoms. The minimum Gasteiger partial charge on any atom is -0.464 e. The smallest absolute Gasteiger partial charge is 0.310 e. The van der Waals surface area contributed by atoms with Crippen LogP contribution in [0.5, 0.6) is 0 Å². The monoisotopic (exact) mass is 468 g/mol. The van der Waals surface area contributed by atoms with E-state index in [4.69, 9.17) is 4.74 Å². The predicted molar refractivity (Wildman–Crippen MR) is 123 cm³/mol. The molecule has 7 nitrogen and oxygen atoms in total. The second-order valence-corrected chi connectivity index (χ2v) is 8.15. The average molecular weight is 469 g/mol. The van der Waals surface area contributed by atoms with Crippen molar-refractivity contribution in [3.05, 3.63) is 87.7 Å². The number of piperazine rings is 1. The SMILES string of the molecule is O=C(Cc1cccc(Cn2nc(-c3ccc(F)c(F)c3)ccc2=O)c1)OCCN1CCNCC1. The molecule has 34 heavy (non-hydrogen) atoms. The molecule has 0 aliphatic carbocycles. The molecule has 1 fully saturated rings. The maximum absolute atomic E-state index is 13.6. The Morgan fingerprint density at radius 3 is 2.59 bits per heavy atom. The molecule has 0 saturated carbocycles. The zero-order valence-corrected chi connectivity index (χ0v) is 18.7. The van der Waals surface area contributed by atoms with Gasteiger partial charge in [-0.05, 0) is 35.4 Å². The van der Waals surface area contributed by atoms with E-state index in [-0.39, 0.29) is 24.5 Å². The average Bonchev–Trinajstić information content (AvgIpc) is 2.83. The van der Waals surface area contributed by atoms with Crippen LogP contribution in [0.2, 0.25) is 0 Å². The molecule has 4 rings (SSSR count). The fourth-order valence-electron chi connectivity index (χ4n) is 3.82. The number of nitrogens with one attached hydrogen (secondary N) is 1. The Morgan fingerprint density at radius 1 is 1.00 bits per heavy atom. The molecule has 1 aromatic heterocycles. The highest BCUT2D eigenvalue weighted by Crippen LogP contribution is 2.18. The van der Waals surface area contributed by atoms with Gasteiger partial charge in [-0.1, -0.05) is 24.3 Å². The summed E-state index contributed by atoms with van der Waals surface area (Å²) >= 11 is 0. The third kappa shape index (κ3) is 6.33. The van der Waals surface area contributed by atoms with Crippen molar-refractivity contribution in [2.75, 3.05) is 39.3 Å². The van der Waals surface area contributed by atoms with Crippen molar-refractivity contribution in [3.8, 4) is 11.3 Å². The molecule has 0 unspecified atom stereocenters. The van der Waals surface area contributed by atoms with Crippen molar-refractivity contribution in [2.45, 2.75) is 13.0 Å². The highest BCUT2D eigenvalue weighted by Gasteiger charge is 2.12. The molecule has 1 saturated heterocycles. The number of esters is 1. The first-order chi connectivity index (χ1) is 16.5. The summed E-state index contributed by atoms with van der Waals surface area (Å²) in [5, 5.41) is 7.58. The van der Waals surface area contributed by atoms with Crippen LogP contribution in [0.15, 0.2) is 59.4 Å². The minimum absolute atomic E-state index is 0.132. The van der Waals surface area contributed by atoms with Crippen LogP contribution >= 0.6 is 0 Å². The van der Waals surface area contributed by atoms with Crippen molar-refractivity contribution >= 4 is 5.97 Å². The Bertz CT molecular complexity index is 1210. The molecular formula is C25H26F2N4O3. The van der Waals surface area contributed by atoms with E-state index in [1.807, 2.05) is 24.3 Å². The van der Waals surface area contributed by atoms with Gasteiger partial charge in [0, 0.05) is 44.4 Å². The molecule has 0 spiro atoms. The number of ether oxygens (including phenoxy) is 1. The van der Waals surface area contributed by atoms with Gasteiger partial charge in [0.1, 0.15) is 6.61 Å². The summed E-state index contributed by atoms with van der Waals surface area (Å²) in [7, 11) is 0. The van der Waals surface area contributed by atoms with Crippen LogP contribution < -0.4 is 10.9 Å². The lowest BCUT2D eigenvalue weighted by Crippen LogP contribution is -2.44. The van der Waals surface area contributed by atoms with Crippen molar-refractivity contribution in [1.82, 2.24) is 20.0 Å². The van der Waals surface area contributed by atoms with Crippen LogP contribution in [0.3, 0.4) is 0 Å². The summed E-state index contributed by atoms with van der Waals surface area (Å²) in [6, 6.07) is 13.6. The predicted octanol–water partition coefficient (Wildman–Crippen LogP) is 2.23. The van der Waals surface area contributed by atoms with Gasteiger partial charge in [-0.15, -0.1) is 0 Å². The third-order valence-electron chi connectivity index (χ3n) is 5.63. The van der Waals surface area contributed by atoms with Gasteiger partial charge in [-0.3, -0.25) is 14.5 Å². The fourth-order valence-corrected chi connectivity index (χ4v) is 3.82. The molecule has 0 radical (unpaired) electrons. The maximum atomic E-state index is 13.6. The van der Waals surface area contributed by atoms with Gasteiger partial charge in [0.15, 0.2) is 11.6 Å². The van der Waals surface area contributed by atoms with E-state index in [2.05, 4.69) is 15.3 Å². The largest absolute Gasteiger partial charge is 0.464 e. The minimum atomic E-state index is -0.982. The molecule has 1 N–H and O–H groups in total. The van der Waals surface area contributed by atoms with Crippen LogP contribution in [0.1, 0.15) is 11.1 Å². The zero-order valence-electron chi connectivity index (χ0n) is 18.7. The van der Waals surface area contributed by atoms with Gasteiger partial charge in [-0.2, -0.15) is 5.10 Å². The highest BCUT2D eigenvalue weighted by atomic mass is 19.2. The van der Waals surface area contributed by atoms with Gasteiger partial charge >= 0.3 is 5.97 Å². The van der Waals surface area contributed by atoms with E-state index >= 15 is 0 Å². The molecule has 1 aliphatic heterocycles. The van der Waals surface area contributed by atoms with E-state index in [0.717, 1.165) is 56.0 Å². The molecule has 2 aromatic carbocycles. The number of nitrogens with zero attached hydrogens (tertiary/aromatic N) is 3. The van der Waals surface area contributed by atoms with E-state index in [9.17, 15) is 18.4 Å². The lowest BCUT2D eigenvalue weighted by molar-refractivity contribution is -0.143. The van der Waals surface area contributed by atoms with Gasteiger partial charge in [0.25, 0.3) is 5.56 Å². The van der Waals surface area contributed by atoms with E-state index in [1.54, 1.807) is 0 Å². The first kappa shape index (κ1) is 23.7. The van der Waals surface area contributed by atoms with Crippen LogP contribution in [-0.4, -0.2) is 60.0 Å². The van der Waals surface area contributed by atoms with Gasteiger partial charge in [-0.25, -0.2) is 13.5 Å². The lowest BCUT2D eigenvalue weighted by atomic mass is 10.1. The summed E-state index contributed by atoms with van der Waals surface area (Å²) in [5.74, 6) is -2.23. The number of rotatable bonds is 8. The maximum Gasteiger partial charge on any atom is 0.310 e. The first-order valence-corrected chi connectivity index (χ1v) is 11.2. The number of carbonyl (C=O) groups excluding carboxylic acids is 1. The summed E-state index contributed by atoms with van der Waals surface area (Å²) in [5.41, 5.74) is 1.94.